The van der Waals surface area contributed by atoms with E-state index in [1.165, 1.54) is 4.90 Å². The highest BCUT2D eigenvalue weighted by molar-refractivity contribution is 6.36. The van der Waals surface area contributed by atoms with Crippen molar-refractivity contribution in [1.82, 2.24) is 0 Å². The second-order valence-electron chi connectivity index (χ2n) is 8.11. The normalized spacial score (nSPS) is 22.4. The number of hydroxylamine groups is 1. The molecule has 6 nitrogen and oxygen atoms in total. The van der Waals surface area contributed by atoms with Crippen molar-refractivity contribution in [1.29, 1.82) is 0 Å². The number of hydrogen-bond donors (Lipinski definition) is 0. The Kier molecular flexibility index (Phi) is 5.12. The number of halogens is 1. The lowest BCUT2D eigenvalue weighted by Gasteiger charge is -2.29. The minimum atomic E-state index is -0.919. The molecule has 3 atom stereocenters. The number of benzene rings is 3. The number of fused-ring (bicyclic) bond motifs is 1. The van der Waals surface area contributed by atoms with E-state index in [1.807, 2.05) is 73.6 Å². The zero-order chi connectivity index (χ0) is 22.4. The molecule has 2 saturated heterocycles. The van der Waals surface area contributed by atoms with Crippen molar-refractivity contribution in [2.24, 2.45) is 5.92 Å². The Morgan fingerprint density at radius 2 is 1.50 bits per heavy atom. The smallest absolute Gasteiger partial charge is 0.266 e. The van der Waals surface area contributed by atoms with Crippen LogP contribution in [0.15, 0.2) is 78.9 Å². The molecule has 2 aliphatic rings. The molecule has 0 unspecified atom stereocenters. The topological polar surface area (TPSA) is 53.1 Å². The molecule has 5 rings (SSSR count). The summed E-state index contributed by atoms with van der Waals surface area (Å²) < 4.78 is 0. The highest BCUT2D eigenvalue weighted by Crippen LogP contribution is 2.48. The van der Waals surface area contributed by atoms with Gasteiger partial charge in [0.15, 0.2) is 6.10 Å². The Bertz CT molecular complexity index is 1170. The van der Waals surface area contributed by atoms with Gasteiger partial charge >= 0.3 is 0 Å². The summed E-state index contributed by atoms with van der Waals surface area (Å²) in [5.41, 5.74) is 3.11. The quantitative estimate of drug-likeness (QED) is 0.553. The van der Waals surface area contributed by atoms with Gasteiger partial charge in [0.2, 0.25) is 5.91 Å². The van der Waals surface area contributed by atoms with Crippen LogP contribution in [0.25, 0.3) is 0 Å². The second kappa shape index (κ2) is 7.97. The van der Waals surface area contributed by atoms with Crippen LogP contribution in [-0.4, -0.2) is 32.0 Å². The molecule has 32 heavy (non-hydrogen) atoms. The van der Waals surface area contributed by atoms with Gasteiger partial charge in [-0.3, -0.25) is 14.4 Å². The Morgan fingerprint density at radius 1 is 0.844 bits per heavy atom. The minimum Gasteiger partial charge on any atom is -0.378 e. The van der Waals surface area contributed by atoms with Crippen LogP contribution in [0.5, 0.6) is 0 Å². The number of imide groups is 1. The van der Waals surface area contributed by atoms with E-state index >= 15 is 0 Å². The zero-order valence-electron chi connectivity index (χ0n) is 17.7. The monoisotopic (exact) mass is 447 g/mol. The predicted molar refractivity (Wildman–Crippen MR) is 125 cm³/mol. The molecule has 2 aliphatic heterocycles. The molecule has 0 radical (unpaired) electrons. The lowest BCUT2D eigenvalue weighted by Crippen LogP contribution is -2.37. The van der Waals surface area contributed by atoms with Crippen LogP contribution in [0.3, 0.4) is 0 Å². The van der Waals surface area contributed by atoms with Crippen LogP contribution in [0.1, 0.15) is 11.6 Å². The molecule has 2 fully saturated rings. The fourth-order valence-electron chi connectivity index (χ4n) is 4.39. The largest absolute Gasteiger partial charge is 0.378 e. The van der Waals surface area contributed by atoms with Crippen LogP contribution in [0, 0.1) is 5.92 Å². The average Bonchev–Trinajstić information content (AvgIpc) is 3.31. The van der Waals surface area contributed by atoms with Crippen molar-refractivity contribution in [2.75, 3.05) is 29.0 Å². The maximum atomic E-state index is 13.6. The van der Waals surface area contributed by atoms with Gasteiger partial charge in [-0.05, 0) is 42.0 Å². The van der Waals surface area contributed by atoms with Crippen molar-refractivity contribution < 1.29 is 14.4 Å². The molecule has 3 aromatic carbocycles. The average molecular weight is 448 g/mol. The molecule has 0 N–H and O–H groups in total. The summed E-state index contributed by atoms with van der Waals surface area (Å²) in [5, 5.41) is 2.04. The van der Waals surface area contributed by atoms with Crippen molar-refractivity contribution in [3.8, 4) is 0 Å². The van der Waals surface area contributed by atoms with Gasteiger partial charge in [-0.1, -0.05) is 54.1 Å². The molecule has 7 heteroatoms. The fraction of sp³-hybridized carbons (Fsp3) is 0.200. The van der Waals surface area contributed by atoms with Crippen molar-refractivity contribution >= 4 is 40.5 Å². The lowest BCUT2D eigenvalue weighted by atomic mass is 9.90. The van der Waals surface area contributed by atoms with E-state index in [4.69, 9.17) is 16.4 Å². The maximum Gasteiger partial charge on any atom is 0.266 e. The van der Waals surface area contributed by atoms with Gasteiger partial charge in [0.1, 0.15) is 5.92 Å². The van der Waals surface area contributed by atoms with Gasteiger partial charge in [0, 0.05) is 19.8 Å². The van der Waals surface area contributed by atoms with Gasteiger partial charge in [-0.2, -0.15) is 0 Å². The highest BCUT2D eigenvalue weighted by atomic mass is 35.5. The van der Waals surface area contributed by atoms with Crippen molar-refractivity contribution in [3.63, 3.8) is 0 Å². The van der Waals surface area contributed by atoms with Gasteiger partial charge in [-0.15, -0.1) is 0 Å². The maximum absolute atomic E-state index is 13.6. The molecule has 2 heterocycles. The minimum absolute atomic E-state index is 0.312. The van der Waals surface area contributed by atoms with Crippen LogP contribution >= 0.6 is 11.6 Å². The first-order valence-corrected chi connectivity index (χ1v) is 10.8. The SMILES string of the molecule is CN(C)c1ccc([C@H]2[C@@H]3C(=O)N(c4ccccc4Cl)C(=O)[C@H]3ON2c2ccccc2)cc1. The first kappa shape index (κ1) is 20.5. The number of rotatable bonds is 4. The van der Waals surface area contributed by atoms with E-state index in [9.17, 15) is 9.59 Å². The molecule has 3 aromatic rings. The van der Waals surface area contributed by atoms with E-state index in [2.05, 4.69) is 0 Å². The van der Waals surface area contributed by atoms with E-state index in [-0.39, 0.29) is 5.91 Å². The Hall–Kier alpha value is -3.35. The second-order valence-corrected chi connectivity index (χ2v) is 8.51. The van der Waals surface area contributed by atoms with Gasteiger partial charge in [0.05, 0.1) is 22.4 Å². The highest BCUT2D eigenvalue weighted by Gasteiger charge is 2.60. The summed E-state index contributed by atoms with van der Waals surface area (Å²) in [4.78, 5) is 36.3. The molecule has 0 aromatic heterocycles. The third-order valence-electron chi connectivity index (χ3n) is 5.97. The number of anilines is 3. The molecule has 0 spiro atoms. The summed E-state index contributed by atoms with van der Waals surface area (Å²) in [6.07, 6.45) is -0.919. The number of nitrogens with zero attached hydrogens (tertiary/aromatic N) is 3. The molecular weight excluding hydrogens is 426 g/mol. The van der Waals surface area contributed by atoms with E-state index in [0.717, 1.165) is 16.9 Å². The number of amides is 2. The van der Waals surface area contributed by atoms with Crippen molar-refractivity contribution in [3.05, 3.63) is 89.4 Å². The number of carbonyl (C=O) groups is 2. The molecule has 2 amide bonds. The van der Waals surface area contributed by atoms with Crippen LogP contribution in [-0.2, 0) is 14.4 Å². The number of para-hydroxylation sites is 2. The fourth-order valence-corrected chi connectivity index (χ4v) is 4.61. The standard InChI is InChI=1S/C25H22ClN3O3/c1-27(2)17-14-12-16(13-15-17)22-21-23(32-29(22)18-8-4-3-5-9-18)25(31)28(24(21)30)20-11-7-6-10-19(20)26/h3-15,21-23H,1-2H3/t21-,22-,23-/m0/s1. The lowest BCUT2D eigenvalue weighted by molar-refractivity contribution is -0.126. The van der Waals surface area contributed by atoms with Crippen LogP contribution in [0.2, 0.25) is 5.02 Å². The third-order valence-corrected chi connectivity index (χ3v) is 6.29. The Balaban J connectivity index is 1.58. The van der Waals surface area contributed by atoms with Gasteiger partial charge in [-0.25, -0.2) is 9.96 Å². The van der Waals surface area contributed by atoms with Crippen LogP contribution < -0.4 is 14.9 Å². The van der Waals surface area contributed by atoms with E-state index < -0.39 is 24.0 Å². The molecule has 0 aliphatic carbocycles. The zero-order valence-corrected chi connectivity index (χ0v) is 18.4. The summed E-state index contributed by atoms with van der Waals surface area (Å²) in [5.74, 6) is -1.40. The van der Waals surface area contributed by atoms with Gasteiger partial charge < -0.3 is 4.90 Å². The predicted octanol–water partition coefficient (Wildman–Crippen LogP) is 4.46. The molecular formula is C25H22ClN3O3. The molecule has 162 valence electrons. The van der Waals surface area contributed by atoms with Crippen molar-refractivity contribution in [2.45, 2.75) is 12.1 Å². The van der Waals surface area contributed by atoms with E-state index in [1.54, 1.807) is 29.3 Å². The Labute approximate surface area is 191 Å². The summed E-state index contributed by atoms with van der Waals surface area (Å²) in [6.45, 7) is 0. The Morgan fingerprint density at radius 3 is 2.16 bits per heavy atom. The summed E-state index contributed by atoms with van der Waals surface area (Å²) in [7, 11) is 3.95. The van der Waals surface area contributed by atoms with Crippen LogP contribution in [0.4, 0.5) is 17.1 Å². The van der Waals surface area contributed by atoms with E-state index in [0.29, 0.717) is 10.7 Å². The first-order valence-electron chi connectivity index (χ1n) is 10.4. The third kappa shape index (κ3) is 3.23. The first-order chi connectivity index (χ1) is 15.5. The number of hydrogen-bond acceptors (Lipinski definition) is 5. The van der Waals surface area contributed by atoms with Gasteiger partial charge in [0.25, 0.3) is 5.91 Å². The summed E-state index contributed by atoms with van der Waals surface area (Å²) >= 11 is 6.31. The summed E-state index contributed by atoms with van der Waals surface area (Å²) in [6, 6.07) is 23.9. The number of carbonyl (C=O) groups excluding carboxylic acids is 2. The molecule has 0 saturated carbocycles. The molecule has 0 bridgehead atoms.